The Morgan fingerprint density at radius 2 is 1.92 bits per heavy atom. The normalized spacial score (nSPS) is 14.4. The molecule has 0 unspecified atom stereocenters. The molecule has 3 heterocycles. The van der Waals surface area contributed by atoms with E-state index in [1.54, 1.807) is 10.8 Å². The minimum Gasteiger partial charge on any atom is -0.313 e. The fraction of sp³-hybridized carbons (Fsp3) is 0.158. The predicted octanol–water partition coefficient (Wildman–Crippen LogP) is 3.49. The molecule has 0 aliphatic carbocycles. The van der Waals surface area contributed by atoms with Gasteiger partial charge in [0.1, 0.15) is 0 Å². The SMILES string of the molecule is O=C(Nc1ccc(C2=CCNCC2)nc1)n1cc2ccccc2c1. The van der Waals surface area contributed by atoms with E-state index in [1.165, 1.54) is 5.57 Å². The van der Waals surface area contributed by atoms with Gasteiger partial charge in [0.05, 0.1) is 17.6 Å². The van der Waals surface area contributed by atoms with Crippen molar-refractivity contribution in [1.29, 1.82) is 0 Å². The molecule has 4 rings (SSSR count). The van der Waals surface area contributed by atoms with Crippen LogP contribution in [-0.4, -0.2) is 28.7 Å². The number of benzene rings is 1. The molecule has 5 nitrogen and oxygen atoms in total. The van der Waals surface area contributed by atoms with Gasteiger partial charge in [0, 0.05) is 18.9 Å². The summed E-state index contributed by atoms with van der Waals surface area (Å²) >= 11 is 0. The summed E-state index contributed by atoms with van der Waals surface area (Å²) in [5.74, 6) is 0. The zero-order valence-corrected chi connectivity index (χ0v) is 13.2. The number of anilines is 1. The molecule has 120 valence electrons. The Labute approximate surface area is 140 Å². The molecule has 1 aromatic carbocycles. The summed E-state index contributed by atoms with van der Waals surface area (Å²) in [5, 5.41) is 8.25. The number of pyridine rings is 1. The molecule has 24 heavy (non-hydrogen) atoms. The number of rotatable bonds is 2. The summed E-state index contributed by atoms with van der Waals surface area (Å²) in [5.41, 5.74) is 2.92. The monoisotopic (exact) mass is 318 g/mol. The third-order valence-corrected chi connectivity index (χ3v) is 4.19. The molecule has 2 aromatic heterocycles. The molecule has 1 amide bonds. The maximum absolute atomic E-state index is 12.4. The molecule has 2 N–H and O–H groups in total. The van der Waals surface area contributed by atoms with Crippen LogP contribution >= 0.6 is 0 Å². The molecule has 0 atom stereocenters. The van der Waals surface area contributed by atoms with Crippen molar-refractivity contribution in [2.45, 2.75) is 6.42 Å². The summed E-state index contributed by atoms with van der Waals surface area (Å²) in [4.78, 5) is 16.8. The van der Waals surface area contributed by atoms with Crippen LogP contribution in [-0.2, 0) is 0 Å². The number of carbonyl (C=O) groups excluding carboxylic acids is 1. The number of nitrogens with one attached hydrogen (secondary N) is 2. The van der Waals surface area contributed by atoms with Crippen LogP contribution in [0.4, 0.5) is 10.5 Å². The van der Waals surface area contributed by atoms with E-state index < -0.39 is 0 Å². The molecule has 1 aliphatic rings. The van der Waals surface area contributed by atoms with Crippen molar-refractivity contribution in [1.82, 2.24) is 14.9 Å². The maximum atomic E-state index is 12.4. The lowest BCUT2D eigenvalue weighted by molar-refractivity contribution is 0.253. The van der Waals surface area contributed by atoms with Crippen LogP contribution in [0.3, 0.4) is 0 Å². The number of nitrogens with zero attached hydrogens (tertiary/aromatic N) is 2. The van der Waals surface area contributed by atoms with Crippen molar-refractivity contribution in [3.63, 3.8) is 0 Å². The van der Waals surface area contributed by atoms with E-state index in [4.69, 9.17) is 0 Å². The summed E-state index contributed by atoms with van der Waals surface area (Å²) in [6, 6.07) is 11.6. The highest BCUT2D eigenvalue weighted by atomic mass is 16.2. The molecule has 1 aliphatic heterocycles. The van der Waals surface area contributed by atoms with E-state index in [0.29, 0.717) is 5.69 Å². The first-order valence-corrected chi connectivity index (χ1v) is 8.04. The van der Waals surface area contributed by atoms with Gasteiger partial charge in [0.15, 0.2) is 0 Å². The fourth-order valence-electron chi connectivity index (χ4n) is 2.90. The van der Waals surface area contributed by atoms with Gasteiger partial charge >= 0.3 is 6.03 Å². The minimum absolute atomic E-state index is 0.193. The molecule has 0 radical (unpaired) electrons. The molecular formula is C19H18N4O. The average molecular weight is 318 g/mol. The van der Waals surface area contributed by atoms with Crippen molar-refractivity contribution in [2.75, 3.05) is 18.4 Å². The van der Waals surface area contributed by atoms with Gasteiger partial charge in [0.25, 0.3) is 0 Å². The Bertz CT molecular complexity index is 876. The highest BCUT2D eigenvalue weighted by Crippen LogP contribution is 2.19. The third kappa shape index (κ3) is 2.94. The van der Waals surface area contributed by atoms with Gasteiger partial charge in [-0.15, -0.1) is 0 Å². The van der Waals surface area contributed by atoms with Crippen molar-refractivity contribution in [3.8, 4) is 0 Å². The smallest absolute Gasteiger partial charge is 0.313 e. The van der Waals surface area contributed by atoms with Gasteiger partial charge in [-0.1, -0.05) is 30.3 Å². The molecule has 0 saturated carbocycles. The standard InChI is InChI=1S/C19H18N4O/c24-19(23-12-15-3-1-2-4-16(15)13-23)22-17-5-6-18(21-11-17)14-7-9-20-10-8-14/h1-7,11-13,20H,8-10H2,(H,22,24). The first-order chi connectivity index (χ1) is 11.8. The second-order valence-electron chi connectivity index (χ2n) is 5.84. The number of fused-ring (bicyclic) bond motifs is 1. The molecular weight excluding hydrogens is 300 g/mol. The van der Waals surface area contributed by atoms with E-state index in [0.717, 1.165) is 36.0 Å². The van der Waals surface area contributed by atoms with Gasteiger partial charge in [0.2, 0.25) is 0 Å². The molecule has 0 bridgehead atoms. The van der Waals surface area contributed by atoms with Gasteiger partial charge in [-0.2, -0.15) is 0 Å². The first kappa shape index (κ1) is 14.7. The summed E-state index contributed by atoms with van der Waals surface area (Å²) in [7, 11) is 0. The zero-order valence-electron chi connectivity index (χ0n) is 13.2. The number of carbonyl (C=O) groups is 1. The highest BCUT2D eigenvalue weighted by molar-refractivity contribution is 5.95. The van der Waals surface area contributed by atoms with Crippen molar-refractivity contribution in [3.05, 3.63) is 66.8 Å². The van der Waals surface area contributed by atoms with Gasteiger partial charge in [-0.3, -0.25) is 9.55 Å². The lowest BCUT2D eigenvalue weighted by atomic mass is 10.1. The number of hydrogen-bond acceptors (Lipinski definition) is 3. The van der Waals surface area contributed by atoms with Gasteiger partial charge < -0.3 is 10.6 Å². The van der Waals surface area contributed by atoms with Crippen LogP contribution in [0.2, 0.25) is 0 Å². The van der Waals surface area contributed by atoms with Crippen molar-refractivity contribution < 1.29 is 4.79 Å². The van der Waals surface area contributed by atoms with E-state index in [-0.39, 0.29) is 6.03 Å². The maximum Gasteiger partial charge on any atom is 0.330 e. The second-order valence-corrected chi connectivity index (χ2v) is 5.84. The van der Waals surface area contributed by atoms with E-state index in [2.05, 4.69) is 21.7 Å². The third-order valence-electron chi connectivity index (χ3n) is 4.19. The summed E-state index contributed by atoms with van der Waals surface area (Å²) in [6.07, 6.45) is 8.50. The summed E-state index contributed by atoms with van der Waals surface area (Å²) < 4.78 is 1.56. The van der Waals surface area contributed by atoms with Crippen LogP contribution in [0.1, 0.15) is 12.1 Å². The van der Waals surface area contributed by atoms with Crippen molar-refractivity contribution >= 4 is 28.1 Å². The molecule has 0 saturated heterocycles. The van der Waals surface area contributed by atoms with E-state index >= 15 is 0 Å². The van der Waals surface area contributed by atoms with Crippen LogP contribution < -0.4 is 10.6 Å². The average Bonchev–Trinajstić information content (AvgIpc) is 3.07. The Hall–Kier alpha value is -2.92. The Morgan fingerprint density at radius 1 is 1.12 bits per heavy atom. The lowest BCUT2D eigenvalue weighted by Crippen LogP contribution is -2.20. The summed E-state index contributed by atoms with van der Waals surface area (Å²) in [6.45, 7) is 1.86. The Balaban J connectivity index is 1.50. The van der Waals surface area contributed by atoms with Gasteiger partial charge in [-0.05, 0) is 41.4 Å². The van der Waals surface area contributed by atoms with Crippen molar-refractivity contribution in [2.24, 2.45) is 0 Å². The number of aromatic nitrogens is 2. The Morgan fingerprint density at radius 3 is 2.54 bits per heavy atom. The van der Waals surface area contributed by atoms with E-state index in [1.807, 2.05) is 48.8 Å². The fourth-order valence-corrected chi connectivity index (χ4v) is 2.90. The Kier molecular flexibility index (Phi) is 3.84. The van der Waals surface area contributed by atoms with Crippen LogP contribution in [0.15, 0.2) is 61.1 Å². The predicted molar refractivity (Wildman–Crippen MR) is 96.1 cm³/mol. The lowest BCUT2D eigenvalue weighted by Gasteiger charge is -2.13. The molecule has 0 spiro atoms. The quantitative estimate of drug-likeness (QED) is 0.760. The largest absolute Gasteiger partial charge is 0.330 e. The van der Waals surface area contributed by atoms with Crippen LogP contribution in [0.5, 0.6) is 0 Å². The zero-order chi connectivity index (χ0) is 16.4. The topological polar surface area (TPSA) is 59.0 Å². The van der Waals surface area contributed by atoms with Crippen LogP contribution in [0, 0.1) is 0 Å². The van der Waals surface area contributed by atoms with Gasteiger partial charge in [-0.25, -0.2) is 4.79 Å². The molecule has 5 heteroatoms. The second kappa shape index (κ2) is 6.29. The number of hydrogen-bond donors (Lipinski definition) is 2. The number of amides is 1. The first-order valence-electron chi connectivity index (χ1n) is 8.04. The molecule has 0 fully saturated rings. The minimum atomic E-state index is -0.193. The molecule has 3 aromatic rings. The highest BCUT2D eigenvalue weighted by Gasteiger charge is 2.09. The van der Waals surface area contributed by atoms with Crippen LogP contribution in [0.25, 0.3) is 16.3 Å². The van der Waals surface area contributed by atoms with E-state index in [9.17, 15) is 4.79 Å².